The molecule has 2 aliphatic carbocycles. The maximum atomic E-state index is 11.9. The van der Waals surface area contributed by atoms with Crippen molar-refractivity contribution in [3.63, 3.8) is 0 Å². The number of hydrogen-bond donors (Lipinski definition) is 1. The molecule has 0 bridgehead atoms. The summed E-state index contributed by atoms with van der Waals surface area (Å²) in [7, 11) is 0. The summed E-state index contributed by atoms with van der Waals surface area (Å²) in [6.07, 6.45) is 4.25. The first kappa shape index (κ1) is 14.8. The Morgan fingerprint density at radius 1 is 1.38 bits per heavy atom. The molecular formula is C15H22N2O3S. The van der Waals surface area contributed by atoms with Crippen molar-refractivity contribution in [3.8, 4) is 0 Å². The molecule has 1 aromatic rings. The fraction of sp³-hybridized carbons (Fsp3) is 0.733. The second-order valence-electron chi connectivity index (χ2n) is 5.56. The minimum Gasteiger partial charge on any atom is -0.465 e. The average Bonchev–Trinajstić information content (AvgIpc) is 2.96. The number of nitrogens with one attached hydrogen (secondary N) is 1. The summed E-state index contributed by atoms with van der Waals surface area (Å²) < 4.78 is 10.7. The number of ether oxygens (including phenoxy) is 2. The summed E-state index contributed by atoms with van der Waals surface area (Å²) in [5.41, 5.74) is 0.932. The third kappa shape index (κ3) is 3.06. The number of nitrogens with zero attached hydrogens (tertiary/aromatic N) is 1. The van der Waals surface area contributed by atoms with Crippen LogP contribution >= 0.6 is 11.3 Å². The predicted octanol–water partition coefficient (Wildman–Crippen LogP) is 2.72. The highest BCUT2D eigenvalue weighted by Gasteiger charge is 2.35. The standard InChI is InChI=1S/C15H22N2O3S/c1-3-19-10-7-9(8-10)16-15-17-13-11(14(18)20-4-2)5-6-12(13)21-15/h9-11H,3-8H2,1-2H3,(H,16,17). The van der Waals surface area contributed by atoms with Crippen molar-refractivity contribution in [2.75, 3.05) is 18.5 Å². The minimum absolute atomic E-state index is 0.131. The summed E-state index contributed by atoms with van der Waals surface area (Å²) in [6.45, 7) is 5.08. The molecule has 1 saturated carbocycles. The molecular weight excluding hydrogens is 288 g/mol. The van der Waals surface area contributed by atoms with Crippen LogP contribution in [0.4, 0.5) is 5.13 Å². The van der Waals surface area contributed by atoms with Gasteiger partial charge in [-0.1, -0.05) is 0 Å². The molecule has 1 unspecified atom stereocenters. The molecule has 1 fully saturated rings. The molecule has 0 amide bonds. The first-order valence-corrected chi connectivity index (χ1v) is 8.57. The van der Waals surface area contributed by atoms with E-state index < -0.39 is 0 Å². The fourth-order valence-corrected chi connectivity index (χ4v) is 4.11. The number of fused-ring (bicyclic) bond motifs is 1. The number of thiazole rings is 1. The summed E-state index contributed by atoms with van der Waals surface area (Å²) in [6, 6.07) is 0.453. The Hall–Kier alpha value is -1.14. The Balaban J connectivity index is 1.58. The van der Waals surface area contributed by atoms with E-state index >= 15 is 0 Å². The molecule has 0 saturated heterocycles. The lowest BCUT2D eigenvalue weighted by molar-refractivity contribution is -0.145. The molecule has 5 nitrogen and oxygen atoms in total. The first-order valence-electron chi connectivity index (χ1n) is 7.75. The molecule has 1 N–H and O–H groups in total. The van der Waals surface area contributed by atoms with Gasteiger partial charge in [0.25, 0.3) is 0 Å². The summed E-state index contributed by atoms with van der Waals surface area (Å²) in [5, 5.41) is 4.40. The van der Waals surface area contributed by atoms with Crippen LogP contribution in [0.3, 0.4) is 0 Å². The van der Waals surface area contributed by atoms with E-state index in [0.717, 1.165) is 43.1 Å². The Bertz CT molecular complexity index is 511. The first-order chi connectivity index (χ1) is 10.2. The minimum atomic E-state index is -0.163. The van der Waals surface area contributed by atoms with Crippen molar-refractivity contribution in [3.05, 3.63) is 10.6 Å². The Morgan fingerprint density at radius 2 is 2.19 bits per heavy atom. The highest BCUT2D eigenvalue weighted by molar-refractivity contribution is 7.15. The van der Waals surface area contributed by atoms with Gasteiger partial charge in [-0.25, -0.2) is 4.98 Å². The van der Waals surface area contributed by atoms with E-state index in [1.54, 1.807) is 11.3 Å². The average molecular weight is 310 g/mol. The molecule has 6 heteroatoms. The highest BCUT2D eigenvalue weighted by atomic mass is 32.1. The van der Waals surface area contributed by atoms with Crippen LogP contribution in [0.1, 0.15) is 49.6 Å². The van der Waals surface area contributed by atoms with Crippen LogP contribution in [0.2, 0.25) is 0 Å². The van der Waals surface area contributed by atoms with Gasteiger partial charge in [-0.15, -0.1) is 11.3 Å². The normalized spacial score (nSPS) is 27.0. The van der Waals surface area contributed by atoms with Crippen molar-refractivity contribution in [2.24, 2.45) is 0 Å². The van der Waals surface area contributed by atoms with Crippen LogP contribution in [0.15, 0.2) is 0 Å². The van der Waals surface area contributed by atoms with Gasteiger partial charge in [-0.3, -0.25) is 4.79 Å². The third-order valence-corrected chi connectivity index (χ3v) is 5.18. The van der Waals surface area contributed by atoms with E-state index in [-0.39, 0.29) is 11.9 Å². The van der Waals surface area contributed by atoms with Gasteiger partial charge < -0.3 is 14.8 Å². The summed E-state index contributed by atoms with van der Waals surface area (Å²) in [4.78, 5) is 17.8. The topological polar surface area (TPSA) is 60.5 Å². The maximum Gasteiger partial charge on any atom is 0.315 e. The number of carbonyl (C=O) groups excluding carboxylic acids is 1. The van der Waals surface area contributed by atoms with Gasteiger partial charge in [0.2, 0.25) is 0 Å². The third-order valence-electron chi connectivity index (χ3n) is 4.11. The number of aromatic nitrogens is 1. The molecule has 0 aromatic carbocycles. The lowest BCUT2D eigenvalue weighted by Crippen LogP contribution is -2.40. The lowest BCUT2D eigenvalue weighted by Gasteiger charge is -2.35. The molecule has 2 aliphatic rings. The van der Waals surface area contributed by atoms with E-state index in [9.17, 15) is 4.79 Å². The van der Waals surface area contributed by atoms with Gasteiger partial charge in [0, 0.05) is 17.5 Å². The van der Waals surface area contributed by atoms with Crippen LogP contribution in [0.5, 0.6) is 0 Å². The van der Waals surface area contributed by atoms with Gasteiger partial charge in [0.1, 0.15) is 5.92 Å². The zero-order valence-corrected chi connectivity index (χ0v) is 13.4. The van der Waals surface area contributed by atoms with Crippen LogP contribution < -0.4 is 5.32 Å². The predicted molar refractivity (Wildman–Crippen MR) is 81.9 cm³/mol. The second kappa shape index (κ2) is 6.32. The Morgan fingerprint density at radius 3 is 2.90 bits per heavy atom. The largest absolute Gasteiger partial charge is 0.465 e. The molecule has 0 aliphatic heterocycles. The zero-order valence-electron chi connectivity index (χ0n) is 12.6. The van der Waals surface area contributed by atoms with E-state index in [1.165, 1.54) is 4.88 Å². The number of hydrogen-bond acceptors (Lipinski definition) is 6. The summed E-state index contributed by atoms with van der Waals surface area (Å²) >= 11 is 1.68. The van der Waals surface area contributed by atoms with Crippen LogP contribution in [0.25, 0.3) is 0 Å². The molecule has 3 rings (SSSR count). The number of anilines is 1. The molecule has 1 aromatic heterocycles. The molecule has 21 heavy (non-hydrogen) atoms. The number of aryl methyl sites for hydroxylation is 1. The van der Waals surface area contributed by atoms with Crippen LogP contribution in [-0.2, 0) is 20.7 Å². The number of esters is 1. The molecule has 1 atom stereocenters. The van der Waals surface area contributed by atoms with Crippen molar-refractivity contribution < 1.29 is 14.3 Å². The smallest absolute Gasteiger partial charge is 0.315 e. The van der Waals surface area contributed by atoms with Crippen molar-refractivity contribution >= 4 is 22.4 Å². The molecule has 0 radical (unpaired) electrons. The highest BCUT2D eigenvalue weighted by Crippen LogP contribution is 2.40. The van der Waals surface area contributed by atoms with E-state index in [0.29, 0.717) is 18.8 Å². The molecule has 116 valence electrons. The Labute approximate surface area is 129 Å². The molecule has 0 spiro atoms. The van der Waals surface area contributed by atoms with Gasteiger partial charge in [0.15, 0.2) is 5.13 Å². The SMILES string of the molecule is CCOC(=O)C1CCc2sc(NC3CC(OCC)C3)nc21. The quantitative estimate of drug-likeness (QED) is 0.819. The van der Waals surface area contributed by atoms with Gasteiger partial charge in [-0.05, 0) is 39.5 Å². The Kier molecular flexibility index (Phi) is 4.45. The monoisotopic (exact) mass is 310 g/mol. The zero-order chi connectivity index (χ0) is 14.8. The second-order valence-corrected chi connectivity index (χ2v) is 6.64. The fourth-order valence-electron chi connectivity index (χ4n) is 2.99. The number of carbonyl (C=O) groups is 1. The van der Waals surface area contributed by atoms with Crippen LogP contribution in [0, 0.1) is 0 Å². The van der Waals surface area contributed by atoms with E-state index in [1.807, 2.05) is 13.8 Å². The van der Waals surface area contributed by atoms with Crippen molar-refractivity contribution in [1.82, 2.24) is 4.98 Å². The number of rotatable bonds is 6. The van der Waals surface area contributed by atoms with Crippen molar-refractivity contribution in [2.45, 2.75) is 57.6 Å². The van der Waals surface area contributed by atoms with E-state index in [4.69, 9.17) is 9.47 Å². The van der Waals surface area contributed by atoms with Gasteiger partial charge in [0.05, 0.1) is 18.4 Å². The van der Waals surface area contributed by atoms with E-state index in [2.05, 4.69) is 10.3 Å². The maximum absolute atomic E-state index is 11.9. The van der Waals surface area contributed by atoms with Gasteiger partial charge >= 0.3 is 5.97 Å². The molecule has 1 heterocycles. The van der Waals surface area contributed by atoms with Gasteiger partial charge in [-0.2, -0.15) is 0 Å². The summed E-state index contributed by atoms with van der Waals surface area (Å²) in [5.74, 6) is -0.294. The van der Waals surface area contributed by atoms with Crippen LogP contribution in [-0.4, -0.2) is 36.3 Å². The lowest BCUT2D eigenvalue weighted by atomic mass is 9.89. The van der Waals surface area contributed by atoms with Crippen molar-refractivity contribution in [1.29, 1.82) is 0 Å².